The number of amides is 2. The quantitative estimate of drug-likeness (QED) is 0.416. The first-order chi connectivity index (χ1) is 15.2. The molecule has 0 radical (unpaired) electrons. The summed E-state index contributed by atoms with van der Waals surface area (Å²) in [4.78, 5) is 29.2. The van der Waals surface area contributed by atoms with Gasteiger partial charge in [0.2, 0.25) is 11.8 Å². The monoisotopic (exact) mass is 427 g/mol. The Balaban J connectivity index is 1.43. The number of nitrogens with one attached hydrogen (secondary N) is 2. The fraction of sp³-hybridized carbons (Fsp3) is 0.192. The number of rotatable bonds is 4. The number of aryl methyl sites for hydroxylation is 1. The Morgan fingerprint density at radius 2 is 1.47 bits per heavy atom. The summed E-state index contributed by atoms with van der Waals surface area (Å²) in [6, 6.07) is 20.0. The van der Waals surface area contributed by atoms with Crippen LogP contribution in [0.1, 0.15) is 36.7 Å². The molecule has 2 N–H and O–H groups in total. The van der Waals surface area contributed by atoms with Crippen molar-refractivity contribution in [2.24, 2.45) is 5.41 Å². The molecule has 0 spiro atoms. The topological polar surface area (TPSA) is 84.2 Å². The van der Waals surface area contributed by atoms with Gasteiger partial charge >= 0.3 is 0 Å². The predicted molar refractivity (Wildman–Crippen MR) is 127 cm³/mol. The number of benzene rings is 3. The number of carbonyl (C=O) groups is 2. The van der Waals surface area contributed by atoms with Crippen molar-refractivity contribution in [2.75, 3.05) is 10.6 Å². The molecular formula is C26H25N3O3. The maximum atomic E-state index is 12.6. The van der Waals surface area contributed by atoms with Crippen molar-refractivity contribution < 1.29 is 14.0 Å². The molecule has 162 valence electrons. The van der Waals surface area contributed by atoms with E-state index in [-0.39, 0.29) is 11.8 Å². The highest BCUT2D eigenvalue weighted by atomic mass is 16.3. The molecule has 1 aromatic heterocycles. The van der Waals surface area contributed by atoms with Crippen molar-refractivity contribution in [2.45, 2.75) is 27.7 Å². The molecule has 0 fully saturated rings. The first kappa shape index (κ1) is 21.3. The second-order valence-electron chi connectivity index (χ2n) is 8.80. The molecule has 0 atom stereocenters. The van der Waals surface area contributed by atoms with E-state index in [1.165, 1.54) is 0 Å². The van der Waals surface area contributed by atoms with Gasteiger partial charge in [0, 0.05) is 27.9 Å². The van der Waals surface area contributed by atoms with Crippen LogP contribution < -0.4 is 10.6 Å². The van der Waals surface area contributed by atoms with Crippen molar-refractivity contribution in [1.29, 1.82) is 0 Å². The Kier molecular flexibility index (Phi) is 5.53. The van der Waals surface area contributed by atoms with Gasteiger partial charge in [0.15, 0.2) is 5.58 Å². The van der Waals surface area contributed by atoms with Crippen LogP contribution in [0.5, 0.6) is 0 Å². The molecule has 4 rings (SSSR count). The van der Waals surface area contributed by atoms with Crippen molar-refractivity contribution in [3.8, 4) is 11.5 Å². The largest absolute Gasteiger partial charge is 0.436 e. The van der Waals surface area contributed by atoms with Gasteiger partial charge in [0.25, 0.3) is 5.91 Å². The Morgan fingerprint density at radius 1 is 0.844 bits per heavy atom. The minimum absolute atomic E-state index is 0.0662. The Morgan fingerprint density at radius 3 is 2.09 bits per heavy atom. The standard InChI is InChI=1S/C26H25N3O3/c1-16-5-14-22-21(15-16)29-24(32-22)18-8-6-17(7-9-18)23(30)27-19-10-12-20(13-11-19)28-25(31)26(2,3)4/h5-15H,1-4H3,(H,27,30)(H,28,31). The van der Waals surface area contributed by atoms with Crippen LogP contribution in [0.4, 0.5) is 11.4 Å². The van der Waals surface area contributed by atoms with Gasteiger partial charge in [-0.15, -0.1) is 0 Å². The summed E-state index contributed by atoms with van der Waals surface area (Å²) < 4.78 is 5.82. The number of nitrogens with zero attached hydrogens (tertiary/aromatic N) is 1. The molecule has 0 bridgehead atoms. The minimum atomic E-state index is -0.476. The number of oxazole rings is 1. The second kappa shape index (κ2) is 8.30. The van der Waals surface area contributed by atoms with Gasteiger partial charge in [0.05, 0.1) is 0 Å². The molecule has 0 saturated heterocycles. The van der Waals surface area contributed by atoms with E-state index in [4.69, 9.17) is 4.42 Å². The smallest absolute Gasteiger partial charge is 0.255 e. The number of hydrogen-bond acceptors (Lipinski definition) is 4. The van der Waals surface area contributed by atoms with E-state index >= 15 is 0 Å². The molecule has 0 aliphatic rings. The summed E-state index contributed by atoms with van der Waals surface area (Å²) in [6.45, 7) is 7.57. The van der Waals surface area contributed by atoms with Crippen LogP contribution in [-0.2, 0) is 4.79 Å². The Labute approximate surface area is 186 Å². The summed E-state index contributed by atoms with van der Waals surface area (Å²) in [5.41, 5.74) is 4.83. The third-order valence-electron chi connectivity index (χ3n) is 5.02. The molecule has 0 aliphatic carbocycles. The third-order valence-corrected chi connectivity index (χ3v) is 5.02. The third kappa shape index (κ3) is 4.70. The van der Waals surface area contributed by atoms with E-state index in [1.54, 1.807) is 36.4 Å². The van der Waals surface area contributed by atoms with Crippen LogP contribution in [0, 0.1) is 12.3 Å². The van der Waals surface area contributed by atoms with Crippen molar-refractivity contribution in [1.82, 2.24) is 4.98 Å². The molecule has 6 nitrogen and oxygen atoms in total. The van der Waals surface area contributed by atoms with Crippen molar-refractivity contribution >= 4 is 34.3 Å². The van der Waals surface area contributed by atoms with Gasteiger partial charge < -0.3 is 15.1 Å². The summed E-state index contributed by atoms with van der Waals surface area (Å²) in [5, 5.41) is 5.73. The fourth-order valence-corrected chi connectivity index (χ4v) is 3.08. The summed E-state index contributed by atoms with van der Waals surface area (Å²) in [6.07, 6.45) is 0. The predicted octanol–water partition coefficient (Wildman–Crippen LogP) is 6.04. The van der Waals surface area contributed by atoms with Gasteiger partial charge in [-0.05, 0) is 73.2 Å². The summed E-state index contributed by atoms with van der Waals surface area (Å²) >= 11 is 0. The van der Waals surface area contributed by atoms with Crippen LogP contribution in [0.25, 0.3) is 22.6 Å². The molecular weight excluding hydrogens is 402 g/mol. The van der Waals surface area contributed by atoms with Gasteiger partial charge in [0.1, 0.15) is 5.52 Å². The number of fused-ring (bicyclic) bond motifs is 1. The van der Waals surface area contributed by atoms with E-state index in [1.807, 2.05) is 58.0 Å². The lowest BCUT2D eigenvalue weighted by atomic mass is 9.95. The lowest BCUT2D eigenvalue weighted by Gasteiger charge is -2.17. The molecule has 4 aromatic rings. The molecule has 3 aromatic carbocycles. The highest BCUT2D eigenvalue weighted by Gasteiger charge is 2.21. The maximum Gasteiger partial charge on any atom is 0.255 e. The van der Waals surface area contributed by atoms with E-state index in [0.717, 1.165) is 22.2 Å². The molecule has 0 saturated carbocycles. The highest BCUT2D eigenvalue weighted by Crippen LogP contribution is 2.25. The zero-order valence-electron chi connectivity index (χ0n) is 18.5. The SMILES string of the molecule is Cc1ccc2oc(-c3ccc(C(=O)Nc4ccc(NC(=O)C(C)(C)C)cc4)cc3)nc2c1. The van der Waals surface area contributed by atoms with Gasteiger partial charge in [-0.3, -0.25) is 9.59 Å². The van der Waals surface area contributed by atoms with Crippen LogP contribution in [0.15, 0.2) is 71.1 Å². The molecule has 0 aliphatic heterocycles. The molecule has 0 unspecified atom stereocenters. The van der Waals surface area contributed by atoms with E-state index in [9.17, 15) is 9.59 Å². The molecule has 2 amide bonds. The van der Waals surface area contributed by atoms with Crippen LogP contribution in [0.2, 0.25) is 0 Å². The average molecular weight is 428 g/mol. The Hall–Kier alpha value is -3.93. The molecule has 6 heteroatoms. The van der Waals surface area contributed by atoms with Gasteiger partial charge in [-0.25, -0.2) is 4.98 Å². The van der Waals surface area contributed by atoms with E-state index < -0.39 is 5.41 Å². The first-order valence-corrected chi connectivity index (χ1v) is 10.4. The van der Waals surface area contributed by atoms with Crippen LogP contribution in [-0.4, -0.2) is 16.8 Å². The normalized spacial score (nSPS) is 11.4. The fourth-order valence-electron chi connectivity index (χ4n) is 3.08. The van der Waals surface area contributed by atoms with E-state index in [2.05, 4.69) is 15.6 Å². The lowest BCUT2D eigenvalue weighted by molar-refractivity contribution is -0.123. The van der Waals surface area contributed by atoms with Gasteiger partial charge in [-0.1, -0.05) is 26.8 Å². The lowest BCUT2D eigenvalue weighted by Crippen LogP contribution is -2.27. The Bertz CT molecular complexity index is 1280. The first-order valence-electron chi connectivity index (χ1n) is 10.4. The van der Waals surface area contributed by atoms with Crippen LogP contribution >= 0.6 is 0 Å². The average Bonchev–Trinajstić information content (AvgIpc) is 3.17. The maximum absolute atomic E-state index is 12.6. The zero-order chi connectivity index (χ0) is 22.9. The summed E-state index contributed by atoms with van der Waals surface area (Å²) in [7, 11) is 0. The number of carbonyl (C=O) groups excluding carboxylic acids is 2. The molecule has 32 heavy (non-hydrogen) atoms. The second-order valence-corrected chi connectivity index (χ2v) is 8.80. The number of aromatic nitrogens is 1. The van der Waals surface area contributed by atoms with Crippen molar-refractivity contribution in [3.05, 3.63) is 77.9 Å². The van der Waals surface area contributed by atoms with E-state index in [0.29, 0.717) is 22.8 Å². The number of anilines is 2. The zero-order valence-corrected chi connectivity index (χ0v) is 18.5. The van der Waals surface area contributed by atoms with Crippen LogP contribution in [0.3, 0.4) is 0 Å². The number of hydrogen-bond donors (Lipinski definition) is 2. The molecule has 1 heterocycles. The minimum Gasteiger partial charge on any atom is -0.436 e. The van der Waals surface area contributed by atoms with Gasteiger partial charge in [-0.2, -0.15) is 0 Å². The van der Waals surface area contributed by atoms with Crippen molar-refractivity contribution in [3.63, 3.8) is 0 Å². The summed E-state index contributed by atoms with van der Waals surface area (Å²) in [5.74, 6) is 0.227. The highest BCUT2D eigenvalue weighted by molar-refractivity contribution is 6.04.